The van der Waals surface area contributed by atoms with Crippen molar-refractivity contribution in [2.24, 2.45) is 0 Å². The number of halogens is 2. The molecule has 5 heteroatoms. The number of ether oxygens (including phenoxy) is 1. The first-order valence-electron chi connectivity index (χ1n) is 6.48. The Labute approximate surface area is 127 Å². The molecule has 1 N–H and O–H groups in total. The summed E-state index contributed by atoms with van der Waals surface area (Å²) in [5.41, 5.74) is 0.830. The molecule has 0 fully saturated rings. The van der Waals surface area contributed by atoms with Gasteiger partial charge in [0.05, 0.1) is 6.04 Å². The molecule has 2 rings (SSSR count). The molecule has 0 saturated carbocycles. The van der Waals surface area contributed by atoms with E-state index in [9.17, 15) is 9.18 Å². The first-order valence-corrected chi connectivity index (χ1v) is 6.85. The monoisotopic (exact) mass is 307 g/mol. The Kier molecular flexibility index (Phi) is 5.17. The van der Waals surface area contributed by atoms with Gasteiger partial charge in [-0.2, -0.15) is 0 Å². The summed E-state index contributed by atoms with van der Waals surface area (Å²) >= 11 is 5.76. The van der Waals surface area contributed by atoms with E-state index < -0.39 is 0 Å². The summed E-state index contributed by atoms with van der Waals surface area (Å²) in [4.78, 5) is 11.8. The van der Waals surface area contributed by atoms with Crippen molar-refractivity contribution in [3.63, 3.8) is 0 Å². The van der Waals surface area contributed by atoms with E-state index in [-0.39, 0.29) is 24.4 Å². The molecule has 2 aromatic carbocycles. The highest BCUT2D eigenvalue weighted by molar-refractivity contribution is 6.30. The molecule has 3 nitrogen and oxygen atoms in total. The summed E-state index contributed by atoms with van der Waals surface area (Å²) in [5.74, 6) is 0.0223. The molecule has 0 heterocycles. The van der Waals surface area contributed by atoms with E-state index >= 15 is 0 Å². The number of hydrogen-bond donors (Lipinski definition) is 1. The molecule has 21 heavy (non-hydrogen) atoms. The Morgan fingerprint density at radius 1 is 1.19 bits per heavy atom. The number of nitrogens with one attached hydrogen (secondary N) is 1. The minimum absolute atomic E-state index is 0.0901. The average molecular weight is 308 g/mol. The molecule has 0 saturated heterocycles. The Balaban J connectivity index is 1.83. The maximum atomic E-state index is 12.8. The number of carbonyl (C=O) groups is 1. The van der Waals surface area contributed by atoms with Crippen LogP contribution in [0.25, 0.3) is 0 Å². The van der Waals surface area contributed by atoms with Crippen molar-refractivity contribution in [1.82, 2.24) is 5.32 Å². The summed E-state index contributed by atoms with van der Waals surface area (Å²) in [6, 6.07) is 12.6. The minimum atomic E-state index is -0.302. The first kappa shape index (κ1) is 15.3. The van der Waals surface area contributed by atoms with E-state index in [1.54, 1.807) is 36.4 Å². The van der Waals surface area contributed by atoms with Crippen LogP contribution in [0.15, 0.2) is 48.5 Å². The number of rotatable bonds is 5. The molecule has 0 bridgehead atoms. The van der Waals surface area contributed by atoms with Gasteiger partial charge in [-0.15, -0.1) is 0 Å². The Morgan fingerprint density at radius 3 is 2.43 bits per heavy atom. The van der Waals surface area contributed by atoms with Gasteiger partial charge in [0, 0.05) is 5.02 Å². The Morgan fingerprint density at radius 2 is 1.81 bits per heavy atom. The summed E-state index contributed by atoms with van der Waals surface area (Å²) in [6.07, 6.45) is 0. The zero-order chi connectivity index (χ0) is 15.2. The van der Waals surface area contributed by atoms with E-state index in [1.165, 1.54) is 12.1 Å². The zero-order valence-corrected chi connectivity index (χ0v) is 12.2. The minimum Gasteiger partial charge on any atom is -0.484 e. The largest absolute Gasteiger partial charge is 0.484 e. The average Bonchev–Trinajstić information content (AvgIpc) is 2.47. The van der Waals surface area contributed by atoms with Crippen molar-refractivity contribution in [3.05, 3.63) is 64.9 Å². The SMILES string of the molecule is C[C@@H](NC(=O)COc1ccc(Cl)cc1)c1ccc(F)cc1. The second-order valence-electron chi connectivity index (χ2n) is 4.58. The maximum Gasteiger partial charge on any atom is 0.258 e. The summed E-state index contributed by atoms with van der Waals surface area (Å²) in [7, 11) is 0. The second-order valence-corrected chi connectivity index (χ2v) is 5.02. The molecule has 1 atom stereocenters. The molecule has 2 aromatic rings. The van der Waals surface area contributed by atoms with E-state index in [0.29, 0.717) is 10.8 Å². The molecular formula is C16H15ClFNO2. The molecule has 0 radical (unpaired) electrons. The van der Waals surface area contributed by atoms with Crippen LogP contribution in [-0.4, -0.2) is 12.5 Å². The lowest BCUT2D eigenvalue weighted by molar-refractivity contribution is -0.123. The van der Waals surface area contributed by atoms with Gasteiger partial charge >= 0.3 is 0 Å². The van der Waals surface area contributed by atoms with Crippen LogP contribution in [0.3, 0.4) is 0 Å². The third-order valence-electron chi connectivity index (χ3n) is 2.93. The van der Waals surface area contributed by atoms with E-state index in [1.807, 2.05) is 6.92 Å². The maximum absolute atomic E-state index is 12.8. The summed E-state index contributed by atoms with van der Waals surface area (Å²) < 4.78 is 18.2. The first-order chi connectivity index (χ1) is 10.0. The van der Waals surface area contributed by atoms with Crippen molar-refractivity contribution >= 4 is 17.5 Å². The third kappa shape index (κ3) is 4.76. The molecule has 0 aliphatic rings. The van der Waals surface area contributed by atoms with Crippen LogP contribution < -0.4 is 10.1 Å². The van der Waals surface area contributed by atoms with Gasteiger partial charge in [0.1, 0.15) is 11.6 Å². The lowest BCUT2D eigenvalue weighted by Crippen LogP contribution is -2.31. The quantitative estimate of drug-likeness (QED) is 0.914. The highest BCUT2D eigenvalue weighted by atomic mass is 35.5. The van der Waals surface area contributed by atoms with Crippen LogP contribution in [0.2, 0.25) is 5.02 Å². The van der Waals surface area contributed by atoms with Gasteiger partial charge in [0.25, 0.3) is 5.91 Å². The normalized spacial score (nSPS) is 11.8. The highest BCUT2D eigenvalue weighted by Gasteiger charge is 2.10. The lowest BCUT2D eigenvalue weighted by Gasteiger charge is -2.14. The van der Waals surface area contributed by atoms with Gasteiger partial charge in [-0.05, 0) is 48.9 Å². The van der Waals surface area contributed by atoms with Crippen LogP contribution in [-0.2, 0) is 4.79 Å². The molecule has 0 aromatic heterocycles. The van der Waals surface area contributed by atoms with Crippen LogP contribution in [0.5, 0.6) is 5.75 Å². The standard InChI is InChI=1S/C16H15ClFNO2/c1-11(12-2-6-14(18)7-3-12)19-16(20)10-21-15-8-4-13(17)5-9-15/h2-9,11H,10H2,1H3,(H,19,20)/t11-/m1/s1. The van der Waals surface area contributed by atoms with Gasteiger partial charge in [0.15, 0.2) is 6.61 Å². The fourth-order valence-electron chi connectivity index (χ4n) is 1.80. The highest BCUT2D eigenvalue weighted by Crippen LogP contribution is 2.16. The van der Waals surface area contributed by atoms with Gasteiger partial charge in [-0.1, -0.05) is 23.7 Å². The van der Waals surface area contributed by atoms with Gasteiger partial charge < -0.3 is 10.1 Å². The van der Waals surface area contributed by atoms with Crippen molar-refractivity contribution < 1.29 is 13.9 Å². The number of benzene rings is 2. The van der Waals surface area contributed by atoms with E-state index in [4.69, 9.17) is 16.3 Å². The predicted octanol–water partition coefficient (Wildman–Crippen LogP) is 3.74. The molecule has 0 unspecified atom stereocenters. The second kappa shape index (κ2) is 7.09. The van der Waals surface area contributed by atoms with Gasteiger partial charge in [0.2, 0.25) is 0 Å². The molecule has 110 valence electrons. The van der Waals surface area contributed by atoms with Crippen LogP contribution in [0, 0.1) is 5.82 Å². The van der Waals surface area contributed by atoms with Gasteiger partial charge in [-0.3, -0.25) is 4.79 Å². The molecule has 0 aliphatic heterocycles. The van der Waals surface area contributed by atoms with Gasteiger partial charge in [-0.25, -0.2) is 4.39 Å². The smallest absolute Gasteiger partial charge is 0.258 e. The van der Waals surface area contributed by atoms with Crippen molar-refractivity contribution in [2.75, 3.05) is 6.61 Å². The van der Waals surface area contributed by atoms with Crippen molar-refractivity contribution in [1.29, 1.82) is 0 Å². The Bertz CT molecular complexity index is 599. The number of amides is 1. The number of carbonyl (C=O) groups excluding carboxylic acids is 1. The van der Waals surface area contributed by atoms with E-state index in [2.05, 4.69) is 5.32 Å². The molecule has 0 aliphatic carbocycles. The van der Waals surface area contributed by atoms with Crippen LogP contribution >= 0.6 is 11.6 Å². The van der Waals surface area contributed by atoms with Crippen LogP contribution in [0.1, 0.15) is 18.5 Å². The van der Waals surface area contributed by atoms with Crippen molar-refractivity contribution in [2.45, 2.75) is 13.0 Å². The molecule has 1 amide bonds. The Hall–Kier alpha value is -2.07. The topological polar surface area (TPSA) is 38.3 Å². The number of hydrogen-bond acceptors (Lipinski definition) is 2. The van der Waals surface area contributed by atoms with Crippen molar-refractivity contribution in [3.8, 4) is 5.75 Å². The predicted molar refractivity (Wildman–Crippen MR) is 79.9 cm³/mol. The zero-order valence-electron chi connectivity index (χ0n) is 11.5. The fraction of sp³-hybridized carbons (Fsp3) is 0.188. The third-order valence-corrected chi connectivity index (χ3v) is 3.18. The molecular weight excluding hydrogens is 293 g/mol. The molecule has 0 spiro atoms. The van der Waals surface area contributed by atoms with Crippen LogP contribution in [0.4, 0.5) is 4.39 Å². The summed E-state index contributed by atoms with van der Waals surface area (Å²) in [5, 5.41) is 3.39. The van der Waals surface area contributed by atoms with E-state index in [0.717, 1.165) is 5.56 Å². The lowest BCUT2D eigenvalue weighted by atomic mass is 10.1. The summed E-state index contributed by atoms with van der Waals surface area (Å²) in [6.45, 7) is 1.74. The fourth-order valence-corrected chi connectivity index (χ4v) is 1.92.